The van der Waals surface area contributed by atoms with Crippen molar-refractivity contribution in [1.82, 2.24) is 4.57 Å². The van der Waals surface area contributed by atoms with Crippen LogP contribution < -0.4 is 10.1 Å². The van der Waals surface area contributed by atoms with Crippen LogP contribution in [-0.2, 0) is 4.79 Å². The summed E-state index contributed by atoms with van der Waals surface area (Å²) in [5.41, 5.74) is 3.94. The molecule has 0 aliphatic heterocycles. The summed E-state index contributed by atoms with van der Waals surface area (Å²) >= 11 is 9.56. The number of benzene rings is 2. The molecular weight excluding hydrogens is 466 g/mol. The smallest absolute Gasteiger partial charge is 0.266 e. The van der Waals surface area contributed by atoms with Gasteiger partial charge in [0.05, 0.1) is 12.8 Å². The van der Waals surface area contributed by atoms with Gasteiger partial charge in [-0.05, 0) is 68.0 Å². The lowest BCUT2D eigenvalue weighted by Gasteiger charge is -2.14. The van der Waals surface area contributed by atoms with Crippen molar-refractivity contribution in [3.8, 4) is 17.5 Å². The number of anilines is 1. The first kappa shape index (κ1) is 21.7. The summed E-state index contributed by atoms with van der Waals surface area (Å²) in [5.74, 6) is 0.199. The molecule has 0 bridgehead atoms. The number of nitrogens with one attached hydrogen (secondary N) is 1. The first-order chi connectivity index (χ1) is 14.3. The van der Waals surface area contributed by atoms with E-state index in [1.807, 2.05) is 48.7 Å². The highest BCUT2D eigenvalue weighted by molar-refractivity contribution is 9.10. The molecule has 3 aromatic rings. The van der Waals surface area contributed by atoms with Crippen molar-refractivity contribution in [3.63, 3.8) is 0 Å². The average molecular weight is 485 g/mol. The zero-order valence-corrected chi connectivity index (χ0v) is 19.0. The normalized spacial score (nSPS) is 11.1. The quantitative estimate of drug-likeness (QED) is 0.353. The summed E-state index contributed by atoms with van der Waals surface area (Å²) in [7, 11) is 1.60. The molecule has 1 heterocycles. The van der Waals surface area contributed by atoms with E-state index in [-0.39, 0.29) is 5.57 Å². The SMILES string of the molecule is COc1ccc(Cl)cc1-n1c(C)cc(/C=C(/C#N)C(=O)Nc2cccc(Br)c2)c1C. The fourth-order valence-electron chi connectivity index (χ4n) is 3.21. The predicted molar refractivity (Wildman–Crippen MR) is 123 cm³/mol. The van der Waals surface area contributed by atoms with E-state index in [4.69, 9.17) is 16.3 Å². The predicted octanol–water partition coefficient (Wildman–Crippen LogP) is 6.06. The summed E-state index contributed by atoms with van der Waals surface area (Å²) in [5, 5.41) is 12.9. The van der Waals surface area contributed by atoms with Crippen LogP contribution in [0.3, 0.4) is 0 Å². The molecule has 1 aromatic heterocycles. The number of amides is 1. The third-order valence-electron chi connectivity index (χ3n) is 4.60. The Bertz CT molecular complexity index is 1190. The molecule has 0 unspecified atom stereocenters. The summed E-state index contributed by atoms with van der Waals surface area (Å²) in [6.45, 7) is 3.86. The van der Waals surface area contributed by atoms with Crippen LogP contribution in [0.2, 0.25) is 5.02 Å². The number of aryl methyl sites for hydroxylation is 1. The first-order valence-corrected chi connectivity index (χ1v) is 10.2. The highest BCUT2D eigenvalue weighted by atomic mass is 79.9. The standard InChI is InChI=1S/C23H19BrClN3O2/c1-14-9-16(15(2)28(14)21-12-19(25)7-8-22(21)30-3)10-17(13-26)23(29)27-20-6-4-5-18(24)11-20/h4-12H,1-3H3,(H,27,29)/b17-10-. The maximum Gasteiger partial charge on any atom is 0.266 e. The molecule has 0 atom stereocenters. The minimum Gasteiger partial charge on any atom is -0.495 e. The number of carbonyl (C=O) groups is 1. The second-order valence-electron chi connectivity index (χ2n) is 6.61. The fraction of sp³-hybridized carbons (Fsp3) is 0.130. The molecule has 0 saturated carbocycles. The molecular formula is C23H19BrClN3O2. The number of halogens is 2. The van der Waals surface area contributed by atoms with Gasteiger partial charge in [-0.25, -0.2) is 0 Å². The van der Waals surface area contributed by atoms with Gasteiger partial charge in [0.1, 0.15) is 17.4 Å². The Morgan fingerprint density at radius 3 is 2.67 bits per heavy atom. The molecule has 0 fully saturated rings. The molecule has 3 rings (SSSR count). The topological polar surface area (TPSA) is 67.0 Å². The summed E-state index contributed by atoms with van der Waals surface area (Å²) in [4.78, 5) is 12.6. The van der Waals surface area contributed by atoms with Gasteiger partial charge in [-0.3, -0.25) is 4.79 Å². The molecule has 0 radical (unpaired) electrons. The van der Waals surface area contributed by atoms with Crippen molar-refractivity contribution in [2.24, 2.45) is 0 Å². The number of ether oxygens (including phenoxy) is 1. The fourth-order valence-corrected chi connectivity index (χ4v) is 3.78. The molecule has 0 aliphatic rings. The number of aromatic nitrogens is 1. The number of rotatable bonds is 5. The third kappa shape index (κ3) is 4.59. The van der Waals surface area contributed by atoms with E-state index in [2.05, 4.69) is 21.2 Å². The van der Waals surface area contributed by atoms with Crippen LogP contribution >= 0.6 is 27.5 Å². The van der Waals surface area contributed by atoms with Crippen molar-refractivity contribution in [3.05, 3.63) is 80.6 Å². The summed E-state index contributed by atoms with van der Waals surface area (Å²) in [6, 6.07) is 16.5. The average Bonchev–Trinajstić information content (AvgIpc) is 2.98. The largest absolute Gasteiger partial charge is 0.495 e. The number of nitriles is 1. The van der Waals surface area contributed by atoms with Gasteiger partial charge < -0.3 is 14.6 Å². The van der Waals surface area contributed by atoms with E-state index < -0.39 is 5.91 Å². The van der Waals surface area contributed by atoms with Gasteiger partial charge >= 0.3 is 0 Å². The van der Waals surface area contributed by atoms with Crippen LogP contribution in [0.5, 0.6) is 5.75 Å². The minimum atomic E-state index is -0.472. The highest BCUT2D eigenvalue weighted by Gasteiger charge is 2.16. The number of nitrogens with zero attached hydrogens (tertiary/aromatic N) is 2. The minimum absolute atomic E-state index is 0.00767. The van der Waals surface area contributed by atoms with Gasteiger partial charge in [0.25, 0.3) is 5.91 Å². The maximum atomic E-state index is 12.6. The van der Waals surface area contributed by atoms with Crippen molar-refractivity contribution >= 4 is 45.2 Å². The summed E-state index contributed by atoms with van der Waals surface area (Å²) in [6.07, 6.45) is 1.59. The molecule has 0 spiro atoms. The Balaban J connectivity index is 1.99. The zero-order valence-electron chi connectivity index (χ0n) is 16.7. The molecule has 1 N–H and O–H groups in total. The molecule has 7 heteroatoms. The Morgan fingerprint density at radius 1 is 1.23 bits per heavy atom. The lowest BCUT2D eigenvalue weighted by atomic mass is 10.1. The van der Waals surface area contributed by atoms with Gasteiger partial charge in [-0.15, -0.1) is 0 Å². The second kappa shape index (κ2) is 9.21. The lowest BCUT2D eigenvalue weighted by molar-refractivity contribution is -0.112. The van der Waals surface area contributed by atoms with E-state index in [9.17, 15) is 10.1 Å². The van der Waals surface area contributed by atoms with Crippen molar-refractivity contribution in [1.29, 1.82) is 5.26 Å². The van der Waals surface area contributed by atoms with Crippen LogP contribution in [-0.4, -0.2) is 17.6 Å². The van der Waals surface area contributed by atoms with Gasteiger partial charge in [0.15, 0.2) is 0 Å². The van der Waals surface area contributed by atoms with Gasteiger partial charge in [-0.1, -0.05) is 33.6 Å². The Morgan fingerprint density at radius 2 is 2.00 bits per heavy atom. The number of methoxy groups -OCH3 is 1. The molecule has 30 heavy (non-hydrogen) atoms. The van der Waals surface area contributed by atoms with Crippen LogP contribution in [0.4, 0.5) is 5.69 Å². The van der Waals surface area contributed by atoms with Crippen molar-refractivity contribution in [2.75, 3.05) is 12.4 Å². The third-order valence-corrected chi connectivity index (χ3v) is 5.33. The Kier molecular flexibility index (Phi) is 6.66. The van der Waals surface area contributed by atoms with Crippen molar-refractivity contribution in [2.45, 2.75) is 13.8 Å². The second-order valence-corrected chi connectivity index (χ2v) is 7.96. The lowest BCUT2D eigenvalue weighted by Crippen LogP contribution is -2.13. The maximum absolute atomic E-state index is 12.6. The van der Waals surface area contributed by atoms with Crippen LogP contribution in [0, 0.1) is 25.2 Å². The molecule has 152 valence electrons. The van der Waals surface area contributed by atoms with Gasteiger partial charge in [0, 0.05) is 26.6 Å². The first-order valence-electron chi connectivity index (χ1n) is 9.05. The number of carbonyl (C=O) groups excluding carboxylic acids is 1. The van der Waals surface area contributed by atoms with E-state index in [0.29, 0.717) is 16.5 Å². The molecule has 5 nitrogen and oxygen atoms in total. The number of hydrogen-bond donors (Lipinski definition) is 1. The van der Waals surface area contributed by atoms with E-state index in [1.54, 1.807) is 37.5 Å². The molecule has 0 aliphatic carbocycles. The highest BCUT2D eigenvalue weighted by Crippen LogP contribution is 2.31. The van der Waals surface area contributed by atoms with Gasteiger partial charge in [0.2, 0.25) is 0 Å². The van der Waals surface area contributed by atoms with E-state index >= 15 is 0 Å². The Hall–Kier alpha value is -3.01. The van der Waals surface area contributed by atoms with E-state index in [1.165, 1.54) is 0 Å². The van der Waals surface area contributed by atoms with E-state index in [0.717, 1.165) is 27.1 Å². The van der Waals surface area contributed by atoms with Crippen LogP contribution in [0.15, 0.2) is 58.6 Å². The van der Waals surface area contributed by atoms with Crippen LogP contribution in [0.1, 0.15) is 17.0 Å². The monoisotopic (exact) mass is 483 g/mol. The molecule has 2 aromatic carbocycles. The van der Waals surface area contributed by atoms with Crippen LogP contribution in [0.25, 0.3) is 11.8 Å². The summed E-state index contributed by atoms with van der Waals surface area (Å²) < 4.78 is 8.29. The zero-order chi connectivity index (χ0) is 21.8. The van der Waals surface area contributed by atoms with Crippen molar-refractivity contribution < 1.29 is 9.53 Å². The molecule has 1 amide bonds. The van der Waals surface area contributed by atoms with Gasteiger partial charge in [-0.2, -0.15) is 5.26 Å². The number of hydrogen-bond acceptors (Lipinski definition) is 3. The Labute approximate surface area is 188 Å². The molecule has 0 saturated heterocycles.